The van der Waals surface area contributed by atoms with Gasteiger partial charge in [0, 0.05) is 25.5 Å². The van der Waals surface area contributed by atoms with Gasteiger partial charge in [-0.1, -0.05) is 0 Å². The lowest BCUT2D eigenvalue weighted by Crippen LogP contribution is -2.40. The second-order valence-electron chi connectivity index (χ2n) is 4.15. The van der Waals surface area contributed by atoms with Crippen molar-refractivity contribution in [3.63, 3.8) is 0 Å². The first-order valence-electron chi connectivity index (χ1n) is 5.90. The van der Waals surface area contributed by atoms with Crippen molar-refractivity contribution in [2.24, 2.45) is 0 Å². The van der Waals surface area contributed by atoms with Crippen molar-refractivity contribution in [3.8, 4) is 0 Å². The highest BCUT2D eigenvalue weighted by Gasteiger charge is 2.20. The molecule has 4 N–H and O–H groups in total. The number of nitrogen functional groups attached to an aromatic ring is 1. The van der Waals surface area contributed by atoms with Gasteiger partial charge in [0.2, 0.25) is 0 Å². The predicted octanol–water partition coefficient (Wildman–Crippen LogP) is -0.199. The average Bonchev–Trinajstić information content (AvgIpc) is 2.93. The third-order valence-corrected chi connectivity index (χ3v) is 2.93. The third-order valence-electron chi connectivity index (χ3n) is 2.93. The first-order chi connectivity index (χ1) is 8.84. The van der Waals surface area contributed by atoms with Crippen LogP contribution in [0.5, 0.6) is 0 Å². The van der Waals surface area contributed by atoms with Crippen LogP contribution in [0.1, 0.15) is 0 Å². The lowest BCUT2D eigenvalue weighted by Gasteiger charge is -2.31. The minimum atomic E-state index is 0.643. The van der Waals surface area contributed by atoms with Gasteiger partial charge in [0.05, 0.1) is 25.1 Å². The molecule has 1 aromatic heterocycles. The molecule has 1 fully saturated rings. The summed E-state index contributed by atoms with van der Waals surface area (Å²) in [6.07, 6.45) is 5.38. The zero-order valence-electron chi connectivity index (χ0n) is 9.97. The summed E-state index contributed by atoms with van der Waals surface area (Å²) >= 11 is 0. The van der Waals surface area contributed by atoms with Crippen molar-refractivity contribution in [1.29, 1.82) is 0 Å². The van der Waals surface area contributed by atoms with E-state index < -0.39 is 0 Å². The number of nitrogens with zero attached hydrogens (tertiary/aromatic N) is 3. The number of aromatic nitrogens is 1. The molecule has 2 aliphatic rings. The molecule has 0 spiro atoms. The fraction of sp³-hybridized carbons (Fsp3) is 0.364. The molecule has 7 nitrogen and oxygen atoms in total. The molecule has 1 saturated heterocycles. The maximum Gasteiger partial charge on any atom is 0.154 e. The van der Waals surface area contributed by atoms with Crippen LogP contribution in [-0.4, -0.2) is 31.3 Å². The highest BCUT2D eigenvalue weighted by atomic mass is 16.5. The molecule has 0 atom stereocenters. The quantitative estimate of drug-likeness (QED) is 0.669. The number of nitrogens with one attached hydrogen (secondary N) is 2. The Bertz CT molecular complexity index is 457. The van der Waals surface area contributed by atoms with Gasteiger partial charge in [0.15, 0.2) is 5.82 Å². The van der Waals surface area contributed by atoms with Gasteiger partial charge in [0.1, 0.15) is 5.69 Å². The van der Waals surface area contributed by atoms with Crippen molar-refractivity contribution < 1.29 is 4.74 Å². The number of ether oxygens (including phenoxy) is 1. The molecule has 0 saturated carbocycles. The lowest BCUT2D eigenvalue weighted by atomic mass is 10.3. The van der Waals surface area contributed by atoms with E-state index in [4.69, 9.17) is 10.5 Å². The summed E-state index contributed by atoms with van der Waals surface area (Å²) in [5, 5.41) is 1.86. The summed E-state index contributed by atoms with van der Waals surface area (Å²) in [5.74, 6) is 0.911. The second-order valence-corrected chi connectivity index (χ2v) is 4.15. The van der Waals surface area contributed by atoms with Crippen LogP contribution in [0.4, 0.5) is 17.2 Å². The number of nitrogens with two attached hydrogens (primary N) is 1. The summed E-state index contributed by atoms with van der Waals surface area (Å²) in [5.41, 5.74) is 13.3. The van der Waals surface area contributed by atoms with E-state index in [1.807, 2.05) is 23.5 Å². The van der Waals surface area contributed by atoms with Gasteiger partial charge in [-0.25, -0.2) is 4.98 Å². The normalized spacial score (nSPS) is 19.1. The lowest BCUT2D eigenvalue weighted by molar-refractivity contribution is 0.122. The molecular formula is C11H16N6O. The number of hydrazine groups is 2. The largest absolute Gasteiger partial charge is 0.397 e. The van der Waals surface area contributed by atoms with Crippen LogP contribution in [0.25, 0.3) is 0 Å². The topological polar surface area (TPSA) is 78.7 Å². The fourth-order valence-electron chi connectivity index (χ4n) is 2.05. The van der Waals surface area contributed by atoms with Crippen molar-refractivity contribution >= 4 is 17.2 Å². The molecule has 0 bridgehead atoms. The van der Waals surface area contributed by atoms with Gasteiger partial charge in [-0.2, -0.15) is 0 Å². The number of anilines is 3. The van der Waals surface area contributed by atoms with Gasteiger partial charge in [-0.15, -0.1) is 5.53 Å². The van der Waals surface area contributed by atoms with Crippen LogP contribution in [0, 0.1) is 0 Å². The van der Waals surface area contributed by atoms with Crippen LogP contribution < -0.4 is 26.6 Å². The van der Waals surface area contributed by atoms with Gasteiger partial charge in [0.25, 0.3) is 0 Å². The molecule has 0 aromatic carbocycles. The summed E-state index contributed by atoms with van der Waals surface area (Å²) in [7, 11) is 0. The highest BCUT2D eigenvalue weighted by Crippen LogP contribution is 2.29. The van der Waals surface area contributed by atoms with Crippen molar-refractivity contribution in [2.75, 3.05) is 41.9 Å². The molecule has 2 aliphatic heterocycles. The summed E-state index contributed by atoms with van der Waals surface area (Å²) in [4.78, 5) is 6.65. The van der Waals surface area contributed by atoms with E-state index in [2.05, 4.69) is 20.8 Å². The molecule has 0 aliphatic carbocycles. The first kappa shape index (κ1) is 11.1. The van der Waals surface area contributed by atoms with Crippen LogP contribution in [0.3, 0.4) is 0 Å². The van der Waals surface area contributed by atoms with Crippen LogP contribution in [0.15, 0.2) is 24.7 Å². The Hall–Kier alpha value is -1.99. The maximum absolute atomic E-state index is 5.82. The number of pyridine rings is 1. The maximum atomic E-state index is 5.82. The Morgan fingerprint density at radius 1 is 1.33 bits per heavy atom. The molecule has 0 radical (unpaired) electrons. The monoisotopic (exact) mass is 248 g/mol. The number of morpholine rings is 1. The van der Waals surface area contributed by atoms with Gasteiger partial charge in [-0.3, -0.25) is 5.01 Å². The summed E-state index contributed by atoms with van der Waals surface area (Å²) in [6.45, 7) is 3.14. The number of hydrogen-bond donors (Lipinski definition) is 3. The minimum Gasteiger partial charge on any atom is -0.397 e. The van der Waals surface area contributed by atoms with E-state index >= 15 is 0 Å². The molecule has 1 aromatic rings. The zero-order chi connectivity index (χ0) is 12.4. The number of hydrogen-bond acceptors (Lipinski definition) is 7. The molecule has 18 heavy (non-hydrogen) atoms. The Morgan fingerprint density at radius 2 is 2.17 bits per heavy atom. The van der Waals surface area contributed by atoms with E-state index in [1.165, 1.54) is 0 Å². The Kier molecular flexibility index (Phi) is 2.91. The molecule has 7 heteroatoms. The Morgan fingerprint density at radius 3 is 2.89 bits per heavy atom. The number of rotatable bonds is 2. The molecule has 0 amide bonds. The van der Waals surface area contributed by atoms with Gasteiger partial charge in [-0.05, 0) is 6.07 Å². The second kappa shape index (κ2) is 4.71. The van der Waals surface area contributed by atoms with Crippen molar-refractivity contribution in [2.45, 2.75) is 0 Å². The van der Waals surface area contributed by atoms with Crippen LogP contribution in [0.2, 0.25) is 0 Å². The summed E-state index contributed by atoms with van der Waals surface area (Å²) < 4.78 is 5.36. The molecule has 96 valence electrons. The smallest absolute Gasteiger partial charge is 0.154 e. The van der Waals surface area contributed by atoms with Gasteiger partial charge >= 0.3 is 0 Å². The van der Waals surface area contributed by atoms with Crippen molar-refractivity contribution in [1.82, 2.24) is 15.9 Å². The first-order valence-corrected chi connectivity index (χ1v) is 5.90. The Labute approximate surface area is 105 Å². The SMILES string of the molecule is Nc1cnc(N2CCOCC2)c(N2C=CNN2)c1. The van der Waals surface area contributed by atoms with Crippen LogP contribution in [-0.2, 0) is 4.74 Å². The zero-order valence-corrected chi connectivity index (χ0v) is 9.97. The van der Waals surface area contributed by atoms with Gasteiger partial charge < -0.3 is 20.8 Å². The molecule has 3 rings (SSSR count). The van der Waals surface area contributed by atoms with E-state index in [1.54, 1.807) is 6.20 Å². The van der Waals surface area contributed by atoms with Crippen molar-refractivity contribution in [3.05, 3.63) is 24.7 Å². The fourth-order valence-corrected chi connectivity index (χ4v) is 2.05. The highest BCUT2D eigenvalue weighted by molar-refractivity contribution is 5.71. The standard InChI is InChI=1S/C11H16N6O/c12-9-7-10(17-2-1-14-15-17)11(13-8-9)16-3-5-18-6-4-16/h1-2,7-8,14-15H,3-6,12H2. The third kappa shape index (κ3) is 2.05. The Balaban J connectivity index is 1.94. The molecular weight excluding hydrogens is 232 g/mol. The molecule has 3 heterocycles. The van der Waals surface area contributed by atoms with E-state index in [0.717, 1.165) is 37.8 Å². The van der Waals surface area contributed by atoms with E-state index in [0.29, 0.717) is 5.69 Å². The average molecular weight is 248 g/mol. The summed E-state index contributed by atoms with van der Waals surface area (Å²) in [6, 6.07) is 1.90. The van der Waals surface area contributed by atoms with E-state index in [9.17, 15) is 0 Å². The predicted molar refractivity (Wildman–Crippen MR) is 69.6 cm³/mol. The van der Waals surface area contributed by atoms with E-state index in [-0.39, 0.29) is 0 Å². The molecule has 0 unspecified atom stereocenters. The van der Waals surface area contributed by atoms with Crippen LogP contribution >= 0.6 is 0 Å². The minimum absolute atomic E-state index is 0.643.